The van der Waals surface area contributed by atoms with Crippen LogP contribution in [0, 0.1) is 5.82 Å². The number of halogens is 1. The molecule has 0 heterocycles. The van der Waals surface area contributed by atoms with Crippen LogP contribution < -0.4 is 10.0 Å². The van der Waals surface area contributed by atoms with E-state index in [1.165, 1.54) is 13.2 Å². The Morgan fingerprint density at radius 1 is 1.09 bits per heavy atom. The summed E-state index contributed by atoms with van der Waals surface area (Å²) in [5, 5.41) is 10.9. The van der Waals surface area contributed by atoms with Crippen molar-refractivity contribution in [1.29, 1.82) is 0 Å². The van der Waals surface area contributed by atoms with Crippen molar-refractivity contribution in [2.45, 2.75) is 31.8 Å². The second kappa shape index (κ2) is 7.11. The first-order valence-corrected chi connectivity index (χ1v) is 8.47. The summed E-state index contributed by atoms with van der Waals surface area (Å²) < 4.78 is 19.3. The van der Waals surface area contributed by atoms with Crippen LogP contribution in [-0.2, 0) is 5.16 Å². The minimum Gasteiger partial charge on any atom is -0.504 e. The fourth-order valence-corrected chi connectivity index (χ4v) is 4.36. The zero-order valence-corrected chi connectivity index (χ0v) is 14.2. The van der Waals surface area contributed by atoms with Gasteiger partial charge in [-0.2, -0.15) is 0 Å². The number of benzene rings is 2. The number of para-hydroxylation sites is 1. The van der Waals surface area contributed by atoms with Crippen molar-refractivity contribution in [1.82, 2.24) is 0 Å². The standard InChI is InChI=1S/C18H22FO2P/c1-4-18(5-2,22-16-12-7-6-10-14(16)19)13-9-8-11-15(21-3)17(13)20/h6-12,20,22H,4-5H2,1-3H3. The van der Waals surface area contributed by atoms with Crippen molar-refractivity contribution >= 4 is 13.9 Å². The van der Waals surface area contributed by atoms with Gasteiger partial charge in [0.05, 0.1) is 7.11 Å². The number of aromatic hydroxyl groups is 1. The summed E-state index contributed by atoms with van der Waals surface area (Å²) in [6.45, 7) is 4.16. The molecule has 2 aromatic carbocycles. The van der Waals surface area contributed by atoms with Crippen LogP contribution in [0.4, 0.5) is 4.39 Å². The molecule has 2 nitrogen and oxygen atoms in total. The zero-order valence-electron chi connectivity index (χ0n) is 13.2. The number of hydrogen-bond donors (Lipinski definition) is 1. The molecule has 0 bridgehead atoms. The molecule has 0 amide bonds. The molecule has 0 saturated carbocycles. The lowest BCUT2D eigenvalue weighted by Crippen LogP contribution is -2.23. The Hall–Kier alpha value is -1.60. The SMILES string of the molecule is CCC(CC)(Pc1ccccc1F)c1cccc(OC)c1O. The summed E-state index contributed by atoms with van der Waals surface area (Å²) in [7, 11) is 1.79. The minimum absolute atomic E-state index is 0.164. The predicted octanol–water partition coefficient (Wildman–Crippen LogP) is 4.56. The van der Waals surface area contributed by atoms with Crippen LogP contribution in [0.15, 0.2) is 42.5 Å². The first kappa shape index (κ1) is 16.8. The third-order valence-electron chi connectivity index (χ3n) is 4.19. The molecule has 1 N–H and O–H groups in total. The smallest absolute Gasteiger partial charge is 0.161 e. The zero-order chi connectivity index (χ0) is 16.2. The molecule has 1 atom stereocenters. The van der Waals surface area contributed by atoms with Crippen LogP contribution in [0.5, 0.6) is 11.5 Å². The Kier molecular flexibility index (Phi) is 5.42. The topological polar surface area (TPSA) is 29.5 Å². The summed E-state index contributed by atoms with van der Waals surface area (Å²) in [6.07, 6.45) is 1.63. The van der Waals surface area contributed by atoms with Gasteiger partial charge in [-0.15, -0.1) is 0 Å². The van der Waals surface area contributed by atoms with Gasteiger partial charge in [0, 0.05) is 16.0 Å². The summed E-state index contributed by atoms with van der Waals surface area (Å²) in [5.74, 6) is 0.439. The molecule has 0 aromatic heterocycles. The minimum atomic E-state index is -0.291. The average molecular weight is 320 g/mol. The van der Waals surface area contributed by atoms with Crippen LogP contribution in [0.25, 0.3) is 0 Å². The maximum atomic E-state index is 14.1. The molecule has 4 heteroatoms. The molecule has 118 valence electrons. The molecule has 1 unspecified atom stereocenters. The van der Waals surface area contributed by atoms with E-state index < -0.39 is 0 Å². The summed E-state index contributed by atoms with van der Waals surface area (Å²) in [5.41, 5.74) is 0.832. The van der Waals surface area contributed by atoms with Crippen molar-refractivity contribution < 1.29 is 14.2 Å². The Bertz CT molecular complexity index is 639. The fraction of sp³-hybridized carbons (Fsp3) is 0.333. The second-order valence-corrected chi connectivity index (χ2v) is 7.00. The van der Waals surface area contributed by atoms with E-state index in [0.717, 1.165) is 18.4 Å². The normalized spacial score (nSPS) is 12.0. The molecule has 2 aromatic rings. The molecule has 0 aliphatic heterocycles. The summed E-state index contributed by atoms with van der Waals surface area (Å²) in [6, 6.07) is 12.4. The number of hydrogen-bond acceptors (Lipinski definition) is 2. The van der Waals surface area contributed by atoms with Gasteiger partial charge in [0.2, 0.25) is 0 Å². The number of ether oxygens (including phenoxy) is 1. The van der Waals surface area contributed by atoms with Crippen LogP contribution >= 0.6 is 8.58 Å². The van der Waals surface area contributed by atoms with Gasteiger partial charge in [0.25, 0.3) is 0 Å². The number of phenols is 1. The first-order valence-electron chi connectivity index (χ1n) is 7.47. The van der Waals surface area contributed by atoms with Gasteiger partial charge >= 0.3 is 0 Å². The Morgan fingerprint density at radius 2 is 1.77 bits per heavy atom. The molecular weight excluding hydrogens is 298 g/mol. The highest BCUT2D eigenvalue weighted by Gasteiger charge is 2.33. The van der Waals surface area contributed by atoms with Crippen molar-refractivity contribution in [3.63, 3.8) is 0 Å². The molecule has 0 fully saturated rings. The van der Waals surface area contributed by atoms with Crippen LogP contribution in [0.3, 0.4) is 0 Å². The second-order valence-electron chi connectivity index (χ2n) is 5.25. The monoisotopic (exact) mass is 320 g/mol. The third-order valence-corrected chi connectivity index (χ3v) is 6.32. The lowest BCUT2D eigenvalue weighted by atomic mass is 9.91. The van der Waals surface area contributed by atoms with Gasteiger partial charge in [-0.25, -0.2) is 4.39 Å². The van der Waals surface area contributed by atoms with E-state index in [4.69, 9.17) is 4.74 Å². The van der Waals surface area contributed by atoms with Gasteiger partial charge in [0.1, 0.15) is 5.82 Å². The summed E-state index contributed by atoms with van der Waals surface area (Å²) in [4.78, 5) is 0. The predicted molar refractivity (Wildman–Crippen MR) is 91.3 cm³/mol. The first-order chi connectivity index (χ1) is 10.6. The van der Waals surface area contributed by atoms with Gasteiger partial charge in [-0.3, -0.25) is 0 Å². The largest absolute Gasteiger partial charge is 0.504 e. The molecule has 0 radical (unpaired) electrons. The number of rotatable bonds is 6. The van der Waals surface area contributed by atoms with Gasteiger partial charge in [0.15, 0.2) is 11.5 Å². The molecular formula is C18H22FO2P. The number of methoxy groups -OCH3 is 1. The highest BCUT2D eigenvalue weighted by molar-refractivity contribution is 7.48. The highest BCUT2D eigenvalue weighted by Crippen LogP contribution is 2.51. The molecule has 0 spiro atoms. The molecule has 2 rings (SSSR count). The lowest BCUT2D eigenvalue weighted by molar-refractivity contribution is 0.365. The van der Waals surface area contributed by atoms with Crippen molar-refractivity contribution in [3.05, 3.63) is 53.8 Å². The van der Waals surface area contributed by atoms with E-state index in [0.29, 0.717) is 11.1 Å². The highest BCUT2D eigenvalue weighted by atomic mass is 31.1. The van der Waals surface area contributed by atoms with Gasteiger partial charge in [-0.1, -0.05) is 52.8 Å². The number of phenolic OH excluding ortho intramolecular Hbond substituents is 1. The Morgan fingerprint density at radius 3 is 2.36 bits per heavy atom. The molecule has 0 aliphatic rings. The fourth-order valence-electron chi connectivity index (χ4n) is 2.77. The molecule has 0 aliphatic carbocycles. The lowest BCUT2D eigenvalue weighted by Gasteiger charge is -2.33. The van der Waals surface area contributed by atoms with E-state index >= 15 is 0 Å². The molecule has 0 saturated heterocycles. The van der Waals surface area contributed by atoms with E-state index in [1.54, 1.807) is 12.1 Å². The van der Waals surface area contributed by atoms with Crippen molar-refractivity contribution in [3.8, 4) is 11.5 Å². The van der Waals surface area contributed by atoms with E-state index in [2.05, 4.69) is 13.8 Å². The maximum Gasteiger partial charge on any atom is 0.161 e. The third kappa shape index (κ3) is 3.10. The van der Waals surface area contributed by atoms with Gasteiger partial charge < -0.3 is 9.84 Å². The maximum absolute atomic E-state index is 14.1. The molecule has 22 heavy (non-hydrogen) atoms. The Labute approximate surface area is 133 Å². The Balaban J connectivity index is 2.51. The van der Waals surface area contributed by atoms with Crippen LogP contribution in [-0.4, -0.2) is 12.2 Å². The van der Waals surface area contributed by atoms with E-state index in [9.17, 15) is 9.50 Å². The quantitative estimate of drug-likeness (QED) is 0.791. The van der Waals surface area contributed by atoms with Crippen LogP contribution in [0.1, 0.15) is 32.3 Å². The van der Waals surface area contributed by atoms with Crippen LogP contribution in [0.2, 0.25) is 0 Å². The van der Waals surface area contributed by atoms with E-state index in [-0.39, 0.29) is 25.3 Å². The average Bonchev–Trinajstić information content (AvgIpc) is 2.55. The van der Waals surface area contributed by atoms with Crippen molar-refractivity contribution in [2.75, 3.05) is 7.11 Å². The summed E-state index contributed by atoms with van der Waals surface area (Å²) >= 11 is 0. The van der Waals surface area contributed by atoms with Crippen molar-refractivity contribution in [2.24, 2.45) is 0 Å². The van der Waals surface area contributed by atoms with Gasteiger partial charge in [-0.05, 0) is 25.0 Å². The van der Waals surface area contributed by atoms with E-state index in [1.807, 2.05) is 24.3 Å².